The van der Waals surface area contributed by atoms with Gasteiger partial charge in [-0.15, -0.1) is 0 Å². The Balaban J connectivity index is 0.000000771. The van der Waals surface area contributed by atoms with Gasteiger partial charge in [-0.3, -0.25) is 0 Å². The SMILES string of the molecule is CC.CCc1ccc(O[C@@H]2CCCC[C@H]2C)cc1. The largest absolute Gasteiger partial charge is 0.490 e. The van der Waals surface area contributed by atoms with Gasteiger partial charge in [0.25, 0.3) is 0 Å². The van der Waals surface area contributed by atoms with E-state index in [0.717, 1.165) is 12.2 Å². The molecule has 2 atom stereocenters. The van der Waals surface area contributed by atoms with Crippen LogP contribution in [-0.2, 0) is 6.42 Å². The minimum Gasteiger partial charge on any atom is -0.490 e. The molecule has 1 nitrogen and oxygen atoms in total. The Labute approximate surface area is 113 Å². The second-order valence-electron chi connectivity index (χ2n) is 4.92. The minimum atomic E-state index is 0.432. The van der Waals surface area contributed by atoms with Crippen LogP contribution in [0, 0.1) is 5.92 Å². The molecule has 0 aromatic heterocycles. The number of rotatable bonds is 3. The van der Waals surface area contributed by atoms with Gasteiger partial charge in [0, 0.05) is 0 Å². The summed E-state index contributed by atoms with van der Waals surface area (Å²) < 4.78 is 6.07. The molecule has 0 N–H and O–H groups in total. The summed E-state index contributed by atoms with van der Waals surface area (Å²) in [6.07, 6.45) is 6.76. The number of hydrogen-bond acceptors (Lipinski definition) is 1. The smallest absolute Gasteiger partial charge is 0.119 e. The second kappa shape index (κ2) is 8.18. The molecule has 2 rings (SSSR count). The van der Waals surface area contributed by atoms with Crippen molar-refractivity contribution in [3.05, 3.63) is 29.8 Å². The Bertz CT molecular complexity index is 315. The summed E-state index contributed by atoms with van der Waals surface area (Å²) in [6, 6.07) is 8.56. The zero-order valence-corrected chi connectivity index (χ0v) is 12.4. The average Bonchev–Trinajstić information content (AvgIpc) is 2.44. The van der Waals surface area contributed by atoms with Crippen LogP contribution in [0.1, 0.15) is 58.9 Å². The van der Waals surface area contributed by atoms with Gasteiger partial charge in [-0.2, -0.15) is 0 Å². The Kier molecular flexibility index (Phi) is 6.85. The molecular weight excluding hydrogens is 220 g/mol. The molecule has 18 heavy (non-hydrogen) atoms. The summed E-state index contributed by atoms with van der Waals surface area (Å²) >= 11 is 0. The monoisotopic (exact) mass is 248 g/mol. The van der Waals surface area contributed by atoms with Crippen molar-refractivity contribution < 1.29 is 4.74 Å². The average molecular weight is 248 g/mol. The molecule has 0 unspecified atom stereocenters. The molecule has 0 bridgehead atoms. The van der Waals surface area contributed by atoms with Crippen LogP contribution in [0.25, 0.3) is 0 Å². The maximum Gasteiger partial charge on any atom is 0.119 e. The zero-order valence-electron chi connectivity index (χ0n) is 12.4. The van der Waals surface area contributed by atoms with Gasteiger partial charge in [0.2, 0.25) is 0 Å². The molecule has 0 radical (unpaired) electrons. The van der Waals surface area contributed by atoms with Gasteiger partial charge in [0.05, 0.1) is 0 Å². The highest BCUT2D eigenvalue weighted by molar-refractivity contribution is 5.27. The highest BCUT2D eigenvalue weighted by Crippen LogP contribution is 2.28. The van der Waals surface area contributed by atoms with E-state index in [-0.39, 0.29) is 0 Å². The zero-order chi connectivity index (χ0) is 13.4. The van der Waals surface area contributed by atoms with Crippen LogP contribution in [0.4, 0.5) is 0 Å². The van der Waals surface area contributed by atoms with Gasteiger partial charge in [0.15, 0.2) is 0 Å². The van der Waals surface area contributed by atoms with Crippen LogP contribution >= 0.6 is 0 Å². The Morgan fingerprint density at radius 1 is 1.06 bits per heavy atom. The lowest BCUT2D eigenvalue weighted by atomic mass is 9.88. The molecule has 1 heteroatoms. The summed E-state index contributed by atoms with van der Waals surface area (Å²) in [5.41, 5.74) is 1.38. The van der Waals surface area contributed by atoms with Crippen molar-refractivity contribution in [1.29, 1.82) is 0 Å². The summed E-state index contributed by atoms with van der Waals surface area (Å²) in [5.74, 6) is 1.75. The Hall–Kier alpha value is -0.980. The lowest BCUT2D eigenvalue weighted by Gasteiger charge is -2.29. The standard InChI is InChI=1S/C15H22O.C2H6/c1-3-13-8-10-14(11-9-13)16-15-7-5-4-6-12(15)2;1-2/h8-12,15H,3-7H2,1-2H3;1-2H3/t12-,15-;/m1./s1. The van der Waals surface area contributed by atoms with Crippen LogP contribution in [0.2, 0.25) is 0 Å². The predicted octanol–water partition coefficient (Wildman–Crippen LogP) is 5.23. The molecule has 0 spiro atoms. The van der Waals surface area contributed by atoms with Crippen LogP contribution < -0.4 is 4.74 Å². The number of benzene rings is 1. The normalized spacial score (nSPS) is 22.9. The number of ether oxygens (including phenoxy) is 1. The molecular formula is C17H28O. The molecule has 1 aliphatic carbocycles. The molecule has 102 valence electrons. The van der Waals surface area contributed by atoms with Crippen molar-refractivity contribution in [3.63, 3.8) is 0 Å². The molecule has 0 heterocycles. The number of aryl methyl sites for hydroxylation is 1. The van der Waals surface area contributed by atoms with Gasteiger partial charge in [-0.05, 0) is 49.3 Å². The van der Waals surface area contributed by atoms with Crippen LogP contribution in [0.3, 0.4) is 0 Å². The van der Waals surface area contributed by atoms with Crippen LogP contribution in [0.5, 0.6) is 5.75 Å². The van der Waals surface area contributed by atoms with E-state index in [1.54, 1.807) is 0 Å². The maximum atomic E-state index is 6.07. The molecule has 1 aromatic carbocycles. The van der Waals surface area contributed by atoms with E-state index in [4.69, 9.17) is 4.74 Å². The highest BCUT2D eigenvalue weighted by Gasteiger charge is 2.22. The second-order valence-corrected chi connectivity index (χ2v) is 4.92. The molecule has 0 aliphatic heterocycles. The lowest BCUT2D eigenvalue weighted by Crippen LogP contribution is -2.28. The summed E-state index contributed by atoms with van der Waals surface area (Å²) in [4.78, 5) is 0. The van der Waals surface area contributed by atoms with Gasteiger partial charge in [-0.1, -0.05) is 46.2 Å². The fraction of sp³-hybridized carbons (Fsp3) is 0.647. The third kappa shape index (κ3) is 4.36. The van der Waals surface area contributed by atoms with Gasteiger partial charge < -0.3 is 4.74 Å². The summed E-state index contributed by atoms with van der Waals surface area (Å²) in [7, 11) is 0. The highest BCUT2D eigenvalue weighted by atomic mass is 16.5. The predicted molar refractivity (Wildman–Crippen MR) is 79.2 cm³/mol. The van der Waals surface area contributed by atoms with E-state index in [1.165, 1.54) is 31.2 Å². The molecule has 1 saturated carbocycles. The third-order valence-corrected chi connectivity index (χ3v) is 3.65. The molecule has 0 amide bonds. The van der Waals surface area contributed by atoms with Crippen LogP contribution in [-0.4, -0.2) is 6.10 Å². The maximum absolute atomic E-state index is 6.07. The fourth-order valence-corrected chi connectivity index (χ4v) is 2.44. The van der Waals surface area contributed by atoms with Gasteiger partial charge >= 0.3 is 0 Å². The molecule has 1 aromatic rings. The minimum absolute atomic E-state index is 0.432. The summed E-state index contributed by atoms with van der Waals surface area (Å²) in [6.45, 7) is 8.49. The number of hydrogen-bond donors (Lipinski definition) is 0. The first-order valence-electron chi connectivity index (χ1n) is 7.55. The Morgan fingerprint density at radius 3 is 2.22 bits per heavy atom. The van der Waals surface area contributed by atoms with E-state index >= 15 is 0 Å². The van der Waals surface area contributed by atoms with Crippen molar-refractivity contribution in [2.45, 2.75) is 65.9 Å². The first-order valence-corrected chi connectivity index (χ1v) is 7.55. The topological polar surface area (TPSA) is 9.23 Å². The molecule has 1 fully saturated rings. The van der Waals surface area contributed by atoms with E-state index in [9.17, 15) is 0 Å². The third-order valence-electron chi connectivity index (χ3n) is 3.65. The van der Waals surface area contributed by atoms with Crippen molar-refractivity contribution in [2.75, 3.05) is 0 Å². The Morgan fingerprint density at radius 2 is 1.67 bits per heavy atom. The van der Waals surface area contributed by atoms with Gasteiger partial charge in [0.1, 0.15) is 11.9 Å². The molecule has 0 saturated heterocycles. The first kappa shape index (κ1) is 15.1. The van der Waals surface area contributed by atoms with Crippen LogP contribution in [0.15, 0.2) is 24.3 Å². The van der Waals surface area contributed by atoms with E-state index in [2.05, 4.69) is 38.1 Å². The lowest BCUT2D eigenvalue weighted by molar-refractivity contribution is 0.102. The van der Waals surface area contributed by atoms with Crippen molar-refractivity contribution in [1.82, 2.24) is 0 Å². The van der Waals surface area contributed by atoms with Gasteiger partial charge in [-0.25, -0.2) is 0 Å². The van der Waals surface area contributed by atoms with Crippen molar-refractivity contribution in [2.24, 2.45) is 5.92 Å². The van der Waals surface area contributed by atoms with Crippen molar-refractivity contribution in [3.8, 4) is 5.75 Å². The molecule has 1 aliphatic rings. The fourth-order valence-electron chi connectivity index (χ4n) is 2.44. The quantitative estimate of drug-likeness (QED) is 0.711. The van der Waals surface area contributed by atoms with Crippen molar-refractivity contribution >= 4 is 0 Å². The first-order chi connectivity index (χ1) is 8.79. The van der Waals surface area contributed by atoms with E-state index in [1.807, 2.05) is 13.8 Å². The summed E-state index contributed by atoms with van der Waals surface area (Å²) in [5, 5.41) is 0. The van der Waals surface area contributed by atoms with E-state index < -0.39 is 0 Å². The van der Waals surface area contributed by atoms with E-state index in [0.29, 0.717) is 12.0 Å².